The summed E-state index contributed by atoms with van der Waals surface area (Å²) in [5.41, 5.74) is 3.90. The first-order chi connectivity index (χ1) is 10.1. The van der Waals surface area contributed by atoms with E-state index in [1.165, 1.54) is 55.2 Å². The molecule has 0 heterocycles. The largest absolute Gasteiger partial charge is 0.343 e. The lowest BCUT2D eigenvalue weighted by atomic mass is 10.0. The van der Waals surface area contributed by atoms with Crippen LogP contribution in [0.15, 0.2) is 18.2 Å². The Bertz CT molecular complexity index is 472. The molecule has 2 rings (SSSR count). The standard InChI is InChI=1S/C19H29NO/c1-15-10-11-17(16(2)14-15)12-13-19(21)20(3)18-8-6-4-5-7-9-18/h10-11,14,18H,4-9,12-13H2,1-3H3. The van der Waals surface area contributed by atoms with Crippen LogP contribution in [0.25, 0.3) is 0 Å². The van der Waals surface area contributed by atoms with E-state index in [-0.39, 0.29) is 0 Å². The van der Waals surface area contributed by atoms with Gasteiger partial charge in [-0.2, -0.15) is 0 Å². The van der Waals surface area contributed by atoms with E-state index >= 15 is 0 Å². The van der Waals surface area contributed by atoms with Gasteiger partial charge in [-0.1, -0.05) is 49.4 Å². The molecular weight excluding hydrogens is 258 g/mol. The highest BCUT2D eigenvalue weighted by Gasteiger charge is 2.20. The maximum absolute atomic E-state index is 12.4. The molecule has 1 aromatic carbocycles. The molecule has 0 aromatic heterocycles. The van der Waals surface area contributed by atoms with Crippen molar-refractivity contribution in [2.75, 3.05) is 7.05 Å². The van der Waals surface area contributed by atoms with E-state index in [0.717, 1.165) is 6.42 Å². The van der Waals surface area contributed by atoms with Gasteiger partial charge in [-0.3, -0.25) is 4.79 Å². The first kappa shape index (κ1) is 16.1. The van der Waals surface area contributed by atoms with Gasteiger partial charge in [0.25, 0.3) is 0 Å². The molecule has 0 atom stereocenters. The molecule has 0 spiro atoms. The monoisotopic (exact) mass is 287 g/mol. The first-order valence-electron chi connectivity index (χ1n) is 8.39. The number of hydrogen-bond donors (Lipinski definition) is 0. The third-order valence-electron chi connectivity index (χ3n) is 4.87. The van der Waals surface area contributed by atoms with E-state index in [0.29, 0.717) is 18.4 Å². The minimum atomic E-state index is 0.307. The lowest BCUT2D eigenvalue weighted by Gasteiger charge is -2.27. The van der Waals surface area contributed by atoms with Crippen LogP contribution in [0.4, 0.5) is 0 Å². The third kappa shape index (κ3) is 4.59. The minimum Gasteiger partial charge on any atom is -0.343 e. The van der Waals surface area contributed by atoms with Crippen molar-refractivity contribution in [2.24, 2.45) is 0 Å². The van der Waals surface area contributed by atoms with Gasteiger partial charge < -0.3 is 4.90 Å². The Kier molecular flexibility index (Phi) is 5.84. The molecule has 0 N–H and O–H groups in total. The van der Waals surface area contributed by atoms with E-state index in [2.05, 4.69) is 32.0 Å². The summed E-state index contributed by atoms with van der Waals surface area (Å²) in [5, 5.41) is 0. The number of carbonyl (C=O) groups is 1. The third-order valence-corrected chi connectivity index (χ3v) is 4.87. The molecule has 1 aliphatic rings. The van der Waals surface area contributed by atoms with Gasteiger partial charge in [0.1, 0.15) is 0 Å². The molecule has 0 saturated heterocycles. The van der Waals surface area contributed by atoms with E-state index in [9.17, 15) is 4.79 Å². The minimum absolute atomic E-state index is 0.307. The van der Waals surface area contributed by atoms with E-state index in [1.54, 1.807) is 0 Å². The van der Waals surface area contributed by atoms with E-state index < -0.39 is 0 Å². The average Bonchev–Trinajstić information content (AvgIpc) is 2.74. The van der Waals surface area contributed by atoms with Gasteiger partial charge in [-0.15, -0.1) is 0 Å². The van der Waals surface area contributed by atoms with Crippen LogP contribution in [0, 0.1) is 13.8 Å². The summed E-state index contributed by atoms with van der Waals surface area (Å²) in [6.45, 7) is 4.25. The summed E-state index contributed by atoms with van der Waals surface area (Å²) in [6.07, 6.45) is 9.09. The molecule has 1 saturated carbocycles. The molecule has 116 valence electrons. The Hall–Kier alpha value is -1.31. The normalized spacial score (nSPS) is 16.5. The summed E-state index contributed by atoms with van der Waals surface area (Å²) in [5.74, 6) is 0.307. The molecule has 21 heavy (non-hydrogen) atoms. The molecule has 1 aliphatic carbocycles. The molecule has 0 aliphatic heterocycles. The van der Waals surface area contributed by atoms with Gasteiger partial charge in [0.05, 0.1) is 0 Å². The fraction of sp³-hybridized carbons (Fsp3) is 0.632. The number of amides is 1. The molecule has 1 fully saturated rings. The van der Waals surface area contributed by atoms with Gasteiger partial charge in [0, 0.05) is 19.5 Å². The Morgan fingerprint density at radius 1 is 1.14 bits per heavy atom. The van der Waals surface area contributed by atoms with Crippen LogP contribution in [0.2, 0.25) is 0 Å². The van der Waals surface area contributed by atoms with Gasteiger partial charge in [-0.25, -0.2) is 0 Å². The highest BCUT2D eigenvalue weighted by Crippen LogP contribution is 2.22. The van der Waals surface area contributed by atoms with Crippen LogP contribution in [-0.2, 0) is 11.2 Å². The summed E-state index contributed by atoms with van der Waals surface area (Å²) in [6, 6.07) is 6.99. The maximum Gasteiger partial charge on any atom is 0.222 e. The fourth-order valence-corrected chi connectivity index (χ4v) is 3.39. The van der Waals surface area contributed by atoms with Crippen molar-refractivity contribution < 1.29 is 4.79 Å². The first-order valence-corrected chi connectivity index (χ1v) is 8.39. The number of benzene rings is 1. The Morgan fingerprint density at radius 3 is 2.43 bits per heavy atom. The zero-order valence-corrected chi connectivity index (χ0v) is 13.8. The van der Waals surface area contributed by atoms with Crippen LogP contribution in [0.5, 0.6) is 0 Å². The topological polar surface area (TPSA) is 20.3 Å². The molecular formula is C19H29NO. The zero-order valence-electron chi connectivity index (χ0n) is 13.8. The van der Waals surface area contributed by atoms with Crippen molar-refractivity contribution in [3.63, 3.8) is 0 Å². The second kappa shape index (κ2) is 7.63. The Balaban J connectivity index is 1.88. The van der Waals surface area contributed by atoms with Crippen molar-refractivity contribution in [1.82, 2.24) is 4.90 Å². The predicted molar refractivity (Wildman–Crippen MR) is 88.5 cm³/mol. The maximum atomic E-state index is 12.4. The van der Waals surface area contributed by atoms with Crippen LogP contribution in [0.3, 0.4) is 0 Å². The molecule has 0 radical (unpaired) electrons. The van der Waals surface area contributed by atoms with Crippen LogP contribution in [-0.4, -0.2) is 23.9 Å². The Labute approximate surface area is 129 Å². The molecule has 0 unspecified atom stereocenters. The fourth-order valence-electron chi connectivity index (χ4n) is 3.39. The molecule has 2 nitrogen and oxygen atoms in total. The molecule has 0 bridgehead atoms. The second-order valence-corrected chi connectivity index (χ2v) is 6.58. The highest BCUT2D eigenvalue weighted by molar-refractivity contribution is 5.76. The lowest BCUT2D eigenvalue weighted by molar-refractivity contribution is -0.132. The van der Waals surface area contributed by atoms with Crippen molar-refractivity contribution >= 4 is 5.91 Å². The van der Waals surface area contributed by atoms with Crippen molar-refractivity contribution in [3.05, 3.63) is 34.9 Å². The van der Waals surface area contributed by atoms with Gasteiger partial charge >= 0.3 is 0 Å². The SMILES string of the molecule is Cc1ccc(CCC(=O)N(C)C2CCCCCC2)c(C)c1. The van der Waals surface area contributed by atoms with Crippen molar-refractivity contribution in [3.8, 4) is 0 Å². The summed E-state index contributed by atoms with van der Waals surface area (Å²) < 4.78 is 0. The molecule has 2 heteroatoms. The smallest absolute Gasteiger partial charge is 0.222 e. The molecule has 1 amide bonds. The average molecular weight is 287 g/mol. The van der Waals surface area contributed by atoms with Gasteiger partial charge in [0.15, 0.2) is 0 Å². The number of rotatable bonds is 4. The van der Waals surface area contributed by atoms with Gasteiger partial charge in [0.2, 0.25) is 5.91 Å². The lowest BCUT2D eigenvalue weighted by Crippen LogP contribution is -2.36. The predicted octanol–water partition coefficient (Wildman–Crippen LogP) is 4.42. The zero-order chi connectivity index (χ0) is 15.2. The Morgan fingerprint density at radius 2 is 1.81 bits per heavy atom. The number of aryl methyl sites for hydroxylation is 3. The van der Waals surface area contributed by atoms with E-state index in [4.69, 9.17) is 0 Å². The summed E-state index contributed by atoms with van der Waals surface area (Å²) in [4.78, 5) is 14.5. The quantitative estimate of drug-likeness (QED) is 0.751. The summed E-state index contributed by atoms with van der Waals surface area (Å²) in [7, 11) is 2.00. The number of carbonyl (C=O) groups excluding carboxylic acids is 1. The van der Waals surface area contributed by atoms with Crippen LogP contribution < -0.4 is 0 Å². The van der Waals surface area contributed by atoms with Gasteiger partial charge in [-0.05, 0) is 44.2 Å². The van der Waals surface area contributed by atoms with Crippen molar-refractivity contribution in [1.29, 1.82) is 0 Å². The van der Waals surface area contributed by atoms with E-state index in [1.807, 2.05) is 11.9 Å². The number of hydrogen-bond acceptors (Lipinski definition) is 1. The molecule has 1 aromatic rings. The van der Waals surface area contributed by atoms with Crippen LogP contribution in [0.1, 0.15) is 61.6 Å². The number of nitrogens with zero attached hydrogens (tertiary/aromatic N) is 1. The van der Waals surface area contributed by atoms with Crippen LogP contribution >= 0.6 is 0 Å². The second-order valence-electron chi connectivity index (χ2n) is 6.58. The van der Waals surface area contributed by atoms with Crippen molar-refractivity contribution in [2.45, 2.75) is 71.3 Å². The highest BCUT2D eigenvalue weighted by atomic mass is 16.2. The summed E-state index contributed by atoms with van der Waals surface area (Å²) >= 11 is 0.